The number of fused-ring (bicyclic) bond motifs is 6. The normalized spacial score (nSPS) is 11.6. The molecule has 0 amide bonds. The first kappa shape index (κ1) is 39.3. The second-order valence-corrected chi connectivity index (χ2v) is 17.6. The van der Waals surface area contributed by atoms with Crippen LogP contribution in [0.3, 0.4) is 0 Å². The van der Waals surface area contributed by atoms with Gasteiger partial charge in [-0.2, -0.15) is 0 Å². The molecule has 0 aliphatic carbocycles. The maximum atomic E-state index is 5.12. The molecule has 0 aliphatic rings. The number of hydrogen-bond donors (Lipinski definition) is 0. The summed E-state index contributed by atoms with van der Waals surface area (Å²) >= 11 is 0. The zero-order chi connectivity index (χ0) is 44.5. The average Bonchev–Trinajstić information content (AvgIpc) is 3.87. The molecule has 0 fully saturated rings. The summed E-state index contributed by atoms with van der Waals surface area (Å²) in [6.45, 7) is 8.74. The number of benzene rings is 9. The Hall–Kier alpha value is -8.34. The monoisotopic (exact) mass is 846 g/mol. The molecule has 0 radical (unpaired) electrons. The van der Waals surface area contributed by atoms with Crippen LogP contribution in [0, 0.1) is 27.7 Å². The first-order valence-corrected chi connectivity index (χ1v) is 22.7. The summed E-state index contributed by atoms with van der Waals surface area (Å²) < 4.78 is 4.84. The smallest absolute Gasteiger partial charge is 0.160 e. The summed E-state index contributed by atoms with van der Waals surface area (Å²) in [6, 6.07) is 74.6. The van der Waals surface area contributed by atoms with Gasteiger partial charge in [0.25, 0.3) is 0 Å². The minimum Gasteiger partial charge on any atom is -0.309 e. The van der Waals surface area contributed by atoms with Crippen LogP contribution in [0.1, 0.15) is 22.3 Å². The fourth-order valence-corrected chi connectivity index (χ4v) is 10.3. The Balaban J connectivity index is 0.868. The quantitative estimate of drug-likeness (QED) is 0.160. The number of rotatable bonds is 7. The van der Waals surface area contributed by atoms with Crippen molar-refractivity contribution in [3.05, 3.63) is 229 Å². The van der Waals surface area contributed by atoms with E-state index in [1.165, 1.54) is 82.7 Å². The van der Waals surface area contributed by atoms with Crippen molar-refractivity contribution in [1.82, 2.24) is 19.1 Å². The minimum absolute atomic E-state index is 0.738. The van der Waals surface area contributed by atoms with Crippen LogP contribution < -0.4 is 0 Å². The van der Waals surface area contributed by atoms with Gasteiger partial charge in [0.15, 0.2) is 5.82 Å². The lowest BCUT2D eigenvalue weighted by molar-refractivity contribution is 1.15. The van der Waals surface area contributed by atoms with E-state index in [9.17, 15) is 0 Å². The van der Waals surface area contributed by atoms with Gasteiger partial charge in [0.05, 0.1) is 33.5 Å². The highest BCUT2D eigenvalue weighted by Gasteiger charge is 2.19. The van der Waals surface area contributed by atoms with E-state index in [0.717, 1.165) is 50.7 Å². The third-order valence-electron chi connectivity index (χ3n) is 13.5. The standard InChI is InChI=1S/C62H46N4/c1-39-15-5-7-17-49(39)56-38-55(63-62(64-56)50-18-8-6-16-40(50)2)45-29-25-43(26-30-45)44-27-31-46(32-28-44)61-41(3)35-48(36-42(61)4)66-59-24-14-11-21-53(59)54-37-47(33-34-60(54)66)65-57-22-12-9-19-51(57)52-20-10-13-23-58(52)65/h5-38H,1-4H3. The Kier molecular flexibility index (Phi) is 9.35. The van der Waals surface area contributed by atoms with Gasteiger partial charge in [0, 0.05) is 49.6 Å². The highest BCUT2D eigenvalue weighted by atomic mass is 15.0. The van der Waals surface area contributed by atoms with Gasteiger partial charge >= 0.3 is 0 Å². The molecule has 12 rings (SSSR count). The van der Waals surface area contributed by atoms with Gasteiger partial charge in [0.1, 0.15) is 0 Å². The molecule has 0 unspecified atom stereocenters. The van der Waals surface area contributed by atoms with E-state index >= 15 is 0 Å². The van der Waals surface area contributed by atoms with Crippen molar-refractivity contribution in [3.8, 4) is 67.5 Å². The molecule has 12 aromatic rings. The summed E-state index contributed by atoms with van der Waals surface area (Å²) in [6.07, 6.45) is 0. The summed E-state index contributed by atoms with van der Waals surface area (Å²) in [5.41, 5.74) is 21.9. The molecule has 66 heavy (non-hydrogen) atoms. The topological polar surface area (TPSA) is 35.6 Å². The molecule has 3 heterocycles. The van der Waals surface area contributed by atoms with Crippen molar-refractivity contribution < 1.29 is 0 Å². The Morgan fingerprint density at radius 3 is 1.32 bits per heavy atom. The molecule has 4 nitrogen and oxygen atoms in total. The average molecular weight is 847 g/mol. The van der Waals surface area contributed by atoms with Crippen molar-refractivity contribution in [1.29, 1.82) is 0 Å². The highest BCUT2D eigenvalue weighted by molar-refractivity contribution is 6.12. The van der Waals surface area contributed by atoms with Gasteiger partial charge in [-0.3, -0.25) is 0 Å². The molecule has 0 atom stereocenters. The van der Waals surface area contributed by atoms with Gasteiger partial charge < -0.3 is 9.13 Å². The van der Waals surface area contributed by atoms with Crippen LogP contribution in [-0.4, -0.2) is 19.1 Å². The van der Waals surface area contributed by atoms with E-state index < -0.39 is 0 Å². The Labute approximate surface area is 384 Å². The molecule has 4 heteroatoms. The lowest BCUT2D eigenvalue weighted by atomic mass is 9.93. The Morgan fingerprint density at radius 1 is 0.303 bits per heavy atom. The molecule has 0 saturated heterocycles. The molecule has 3 aromatic heterocycles. The summed E-state index contributed by atoms with van der Waals surface area (Å²) in [5.74, 6) is 0.738. The molecule has 0 saturated carbocycles. The SMILES string of the molecule is Cc1ccccc1-c1cc(-c2ccc(-c3ccc(-c4c(C)cc(-n5c6ccccc6c6cc(-n7c8ccccc8c8ccccc87)ccc65)cc4C)cc3)cc2)nc(-c2ccccc2C)n1. The first-order valence-electron chi connectivity index (χ1n) is 22.7. The van der Waals surface area contributed by atoms with Crippen LogP contribution in [0.4, 0.5) is 0 Å². The second kappa shape index (κ2) is 15.7. The predicted octanol–water partition coefficient (Wildman–Crippen LogP) is 16.2. The van der Waals surface area contributed by atoms with Crippen molar-refractivity contribution in [2.45, 2.75) is 27.7 Å². The van der Waals surface area contributed by atoms with Gasteiger partial charge in [-0.15, -0.1) is 0 Å². The van der Waals surface area contributed by atoms with Crippen molar-refractivity contribution in [2.75, 3.05) is 0 Å². The first-order chi connectivity index (χ1) is 32.4. The fraction of sp³-hybridized carbons (Fsp3) is 0.0645. The van der Waals surface area contributed by atoms with Crippen molar-refractivity contribution >= 4 is 43.6 Å². The maximum absolute atomic E-state index is 5.12. The highest BCUT2D eigenvalue weighted by Crippen LogP contribution is 2.39. The lowest BCUT2D eigenvalue weighted by Gasteiger charge is -2.16. The van der Waals surface area contributed by atoms with Crippen LogP contribution in [-0.2, 0) is 0 Å². The number of hydrogen-bond acceptors (Lipinski definition) is 2. The Bertz CT molecular complexity index is 3710. The summed E-state index contributed by atoms with van der Waals surface area (Å²) in [7, 11) is 0. The zero-order valence-electron chi connectivity index (χ0n) is 37.4. The van der Waals surface area contributed by atoms with Crippen LogP contribution in [0.5, 0.6) is 0 Å². The Morgan fingerprint density at radius 2 is 0.742 bits per heavy atom. The van der Waals surface area contributed by atoms with Gasteiger partial charge in [-0.05, 0) is 127 Å². The van der Waals surface area contributed by atoms with Gasteiger partial charge in [-0.25, -0.2) is 9.97 Å². The van der Waals surface area contributed by atoms with Gasteiger partial charge in [-0.1, -0.05) is 152 Å². The van der Waals surface area contributed by atoms with Crippen LogP contribution in [0.2, 0.25) is 0 Å². The zero-order valence-corrected chi connectivity index (χ0v) is 37.4. The molecular weight excluding hydrogens is 801 g/mol. The molecule has 314 valence electrons. The van der Waals surface area contributed by atoms with E-state index in [-0.39, 0.29) is 0 Å². The lowest BCUT2D eigenvalue weighted by Crippen LogP contribution is -1.98. The molecule has 0 aliphatic heterocycles. The van der Waals surface area contributed by atoms with E-state index in [2.05, 4.69) is 243 Å². The molecule has 0 N–H and O–H groups in total. The molecular formula is C62H46N4. The minimum atomic E-state index is 0.738. The van der Waals surface area contributed by atoms with Crippen LogP contribution in [0.25, 0.3) is 111 Å². The second-order valence-electron chi connectivity index (χ2n) is 17.6. The number of para-hydroxylation sites is 3. The fourth-order valence-electron chi connectivity index (χ4n) is 10.3. The van der Waals surface area contributed by atoms with E-state index in [0.29, 0.717) is 0 Å². The third-order valence-corrected chi connectivity index (χ3v) is 13.5. The van der Waals surface area contributed by atoms with E-state index in [1.807, 2.05) is 0 Å². The van der Waals surface area contributed by atoms with E-state index in [1.54, 1.807) is 0 Å². The number of aromatic nitrogens is 4. The summed E-state index contributed by atoms with van der Waals surface area (Å²) in [5, 5.41) is 5.02. The van der Waals surface area contributed by atoms with Gasteiger partial charge in [0.2, 0.25) is 0 Å². The van der Waals surface area contributed by atoms with E-state index in [4.69, 9.17) is 9.97 Å². The maximum Gasteiger partial charge on any atom is 0.160 e. The largest absolute Gasteiger partial charge is 0.309 e. The third kappa shape index (κ3) is 6.52. The number of aryl methyl sites for hydroxylation is 4. The van der Waals surface area contributed by atoms with Crippen LogP contribution >= 0.6 is 0 Å². The number of nitrogens with zero attached hydrogens (tertiary/aromatic N) is 4. The molecule has 0 spiro atoms. The summed E-state index contributed by atoms with van der Waals surface area (Å²) in [4.78, 5) is 10.2. The molecule has 0 bridgehead atoms. The molecule has 9 aromatic carbocycles. The predicted molar refractivity (Wildman–Crippen MR) is 277 cm³/mol. The van der Waals surface area contributed by atoms with Crippen molar-refractivity contribution in [3.63, 3.8) is 0 Å². The van der Waals surface area contributed by atoms with Crippen molar-refractivity contribution in [2.24, 2.45) is 0 Å². The van der Waals surface area contributed by atoms with Crippen LogP contribution in [0.15, 0.2) is 206 Å².